The van der Waals surface area contributed by atoms with Gasteiger partial charge in [0.05, 0.1) is 6.61 Å². The average molecular weight is 149 g/mol. The van der Waals surface area contributed by atoms with Crippen LogP contribution in [-0.4, -0.2) is 6.61 Å². The molecular formula is C10H13O. The number of benzene rings is 1. The van der Waals surface area contributed by atoms with Crippen molar-refractivity contribution in [3.05, 3.63) is 42.5 Å². The lowest BCUT2D eigenvalue weighted by Crippen LogP contribution is -1.63. The molecule has 0 atom stereocenters. The molecule has 0 bridgehead atoms. The Hall–Kier alpha value is -1.08. The van der Waals surface area contributed by atoms with Crippen LogP contribution < -0.4 is 0 Å². The van der Waals surface area contributed by atoms with Gasteiger partial charge in [0.25, 0.3) is 0 Å². The van der Waals surface area contributed by atoms with Crippen LogP contribution in [0.1, 0.15) is 12.5 Å². The van der Waals surface area contributed by atoms with Gasteiger partial charge in [0, 0.05) is 0 Å². The van der Waals surface area contributed by atoms with Gasteiger partial charge in [-0.15, -0.1) is 0 Å². The third-order valence-corrected chi connectivity index (χ3v) is 1.04. The Balaban J connectivity index is 0.000000292. The standard InChI is InChI=1S/C8H8.C2H5O/c1-2-8-6-4-3-5-7-8;1-2-3/h2-7H,1H2;2H2,1H3. The van der Waals surface area contributed by atoms with E-state index in [0.717, 1.165) is 0 Å². The molecular weight excluding hydrogens is 136 g/mol. The Labute approximate surface area is 68.0 Å². The zero-order chi connectivity index (χ0) is 8.53. The SMILES string of the molecule is C=Cc1ccccc1.CC[O]. The van der Waals surface area contributed by atoms with Crippen molar-refractivity contribution >= 4 is 6.08 Å². The Morgan fingerprint density at radius 3 is 2.09 bits per heavy atom. The highest BCUT2D eigenvalue weighted by molar-refractivity contribution is 5.45. The molecule has 1 heteroatoms. The van der Waals surface area contributed by atoms with E-state index in [9.17, 15) is 0 Å². The molecule has 1 aromatic rings. The van der Waals surface area contributed by atoms with Crippen LogP contribution in [0, 0.1) is 0 Å². The highest BCUT2D eigenvalue weighted by Gasteiger charge is 1.75. The van der Waals surface area contributed by atoms with Gasteiger partial charge in [-0.25, -0.2) is 5.11 Å². The summed E-state index contributed by atoms with van der Waals surface area (Å²) in [5.41, 5.74) is 1.17. The van der Waals surface area contributed by atoms with E-state index in [1.165, 1.54) is 5.56 Å². The maximum Gasteiger partial charge on any atom is 0.0794 e. The van der Waals surface area contributed by atoms with Crippen molar-refractivity contribution < 1.29 is 5.11 Å². The fourth-order valence-electron chi connectivity index (χ4n) is 0.589. The summed E-state index contributed by atoms with van der Waals surface area (Å²) in [6.07, 6.45) is 1.83. The van der Waals surface area contributed by atoms with E-state index in [4.69, 9.17) is 5.11 Å². The van der Waals surface area contributed by atoms with Gasteiger partial charge in [-0.05, 0) is 12.5 Å². The smallest absolute Gasteiger partial charge is 0.0794 e. The second kappa shape index (κ2) is 7.03. The first-order valence-corrected chi connectivity index (χ1v) is 3.60. The molecule has 0 aliphatic rings. The Kier molecular flexibility index (Phi) is 6.34. The zero-order valence-electron chi connectivity index (χ0n) is 6.79. The molecule has 0 fully saturated rings. The van der Waals surface area contributed by atoms with Gasteiger partial charge in [0.2, 0.25) is 0 Å². The largest absolute Gasteiger partial charge is 0.237 e. The lowest BCUT2D eigenvalue weighted by atomic mass is 10.2. The van der Waals surface area contributed by atoms with Crippen LogP contribution in [-0.2, 0) is 5.11 Å². The van der Waals surface area contributed by atoms with Crippen LogP contribution in [0.25, 0.3) is 6.08 Å². The maximum absolute atomic E-state index is 8.93. The Morgan fingerprint density at radius 2 is 1.82 bits per heavy atom. The zero-order valence-corrected chi connectivity index (χ0v) is 6.79. The number of hydrogen-bond donors (Lipinski definition) is 0. The van der Waals surface area contributed by atoms with Crippen molar-refractivity contribution in [1.29, 1.82) is 0 Å². The van der Waals surface area contributed by atoms with Gasteiger partial charge in [-0.2, -0.15) is 0 Å². The van der Waals surface area contributed by atoms with E-state index in [0.29, 0.717) is 0 Å². The van der Waals surface area contributed by atoms with Crippen molar-refractivity contribution in [2.45, 2.75) is 6.92 Å². The van der Waals surface area contributed by atoms with Crippen molar-refractivity contribution in [2.75, 3.05) is 6.61 Å². The van der Waals surface area contributed by atoms with Crippen LogP contribution in [0.2, 0.25) is 0 Å². The van der Waals surface area contributed by atoms with Crippen molar-refractivity contribution in [2.24, 2.45) is 0 Å². The quantitative estimate of drug-likeness (QED) is 0.585. The molecule has 0 N–H and O–H groups in total. The lowest BCUT2D eigenvalue weighted by molar-refractivity contribution is 0.212. The maximum atomic E-state index is 8.93. The van der Waals surface area contributed by atoms with E-state index < -0.39 is 0 Å². The number of hydrogen-bond acceptors (Lipinski definition) is 0. The second-order valence-corrected chi connectivity index (χ2v) is 1.90. The highest BCUT2D eigenvalue weighted by Crippen LogP contribution is 1.97. The van der Waals surface area contributed by atoms with E-state index >= 15 is 0 Å². The molecule has 0 saturated heterocycles. The van der Waals surface area contributed by atoms with Gasteiger partial charge >= 0.3 is 0 Å². The minimum Gasteiger partial charge on any atom is -0.237 e. The Morgan fingerprint density at radius 1 is 1.36 bits per heavy atom. The lowest BCUT2D eigenvalue weighted by Gasteiger charge is -1.85. The van der Waals surface area contributed by atoms with Gasteiger partial charge in [-0.3, -0.25) is 0 Å². The summed E-state index contributed by atoms with van der Waals surface area (Å²) in [4.78, 5) is 0. The number of rotatable bonds is 1. The summed E-state index contributed by atoms with van der Waals surface area (Å²) < 4.78 is 0. The molecule has 1 nitrogen and oxygen atoms in total. The summed E-state index contributed by atoms with van der Waals surface area (Å²) in [6.45, 7) is 5.20. The fourth-order valence-corrected chi connectivity index (χ4v) is 0.589. The van der Waals surface area contributed by atoms with Crippen LogP contribution in [0.3, 0.4) is 0 Å². The monoisotopic (exact) mass is 149 g/mol. The van der Waals surface area contributed by atoms with Crippen LogP contribution in [0.15, 0.2) is 36.9 Å². The summed E-state index contributed by atoms with van der Waals surface area (Å²) in [7, 11) is 0. The molecule has 0 saturated carbocycles. The molecule has 0 aliphatic carbocycles. The van der Waals surface area contributed by atoms with E-state index in [-0.39, 0.29) is 6.61 Å². The van der Waals surface area contributed by atoms with Crippen LogP contribution in [0.4, 0.5) is 0 Å². The van der Waals surface area contributed by atoms with E-state index in [2.05, 4.69) is 6.58 Å². The predicted octanol–water partition coefficient (Wildman–Crippen LogP) is 2.77. The first-order chi connectivity index (χ1) is 5.35. The first kappa shape index (κ1) is 9.92. The third kappa shape index (κ3) is 5.37. The van der Waals surface area contributed by atoms with Crippen molar-refractivity contribution in [1.82, 2.24) is 0 Å². The molecule has 1 aromatic carbocycles. The van der Waals surface area contributed by atoms with Gasteiger partial charge < -0.3 is 0 Å². The summed E-state index contributed by atoms with van der Waals surface area (Å²) in [5.74, 6) is 0. The Bertz CT molecular complexity index is 179. The molecule has 0 heterocycles. The second-order valence-electron chi connectivity index (χ2n) is 1.90. The molecule has 0 aromatic heterocycles. The molecule has 0 aliphatic heterocycles. The van der Waals surface area contributed by atoms with Crippen LogP contribution in [0.5, 0.6) is 0 Å². The summed E-state index contributed by atoms with van der Waals surface area (Å²) in [6, 6.07) is 10.0. The highest BCUT2D eigenvalue weighted by atomic mass is 16.2. The molecule has 0 amide bonds. The molecule has 1 rings (SSSR count). The van der Waals surface area contributed by atoms with Gasteiger partial charge in [0.15, 0.2) is 0 Å². The van der Waals surface area contributed by atoms with Gasteiger partial charge in [0.1, 0.15) is 0 Å². The minimum absolute atomic E-state index is 0. The molecule has 11 heavy (non-hydrogen) atoms. The van der Waals surface area contributed by atoms with E-state index in [1.807, 2.05) is 36.4 Å². The van der Waals surface area contributed by atoms with Gasteiger partial charge in [-0.1, -0.05) is 43.0 Å². The fraction of sp³-hybridized carbons (Fsp3) is 0.200. The molecule has 59 valence electrons. The topological polar surface area (TPSA) is 19.9 Å². The van der Waals surface area contributed by atoms with Crippen molar-refractivity contribution in [3.63, 3.8) is 0 Å². The van der Waals surface area contributed by atoms with Crippen LogP contribution >= 0.6 is 0 Å². The summed E-state index contributed by atoms with van der Waals surface area (Å²) >= 11 is 0. The molecule has 0 spiro atoms. The molecule has 0 unspecified atom stereocenters. The predicted molar refractivity (Wildman–Crippen MR) is 47.8 cm³/mol. The molecule has 1 radical (unpaired) electrons. The summed E-state index contributed by atoms with van der Waals surface area (Å²) in [5, 5.41) is 8.93. The average Bonchev–Trinajstić information content (AvgIpc) is 2.08. The first-order valence-electron chi connectivity index (χ1n) is 3.60. The normalized spacial score (nSPS) is 7.82. The van der Waals surface area contributed by atoms with E-state index in [1.54, 1.807) is 6.92 Å². The third-order valence-electron chi connectivity index (χ3n) is 1.04. The minimum atomic E-state index is 0. The van der Waals surface area contributed by atoms with Crippen molar-refractivity contribution in [3.8, 4) is 0 Å².